The molecule has 0 spiro atoms. The molecule has 1 aromatic rings. The van der Waals surface area contributed by atoms with E-state index in [-0.39, 0.29) is 5.04 Å². The summed E-state index contributed by atoms with van der Waals surface area (Å²) >= 11 is 0. The second kappa shape index (κ2) is 17.9. The first kappa shape index (κ1) is 35.3. The number of benzene rings is 1. The third kappa shape index (κ3) is 11.3. The molecule has 0 unspecified atom stereocenters. The topological polar surface area (TPSA) is 12.0 Å². The van der Waals surface area contributed by atoms with E-state index < -0.39 is 24.4 Å². The molecule has 0 saturated carbocycles. The molecule has 1 rings (SSSR count). The van der Waals surface area contributed by atoms with E-state index in [1.165, 1.54) is 42.6 Å². The molecule has 0 aromatic heterocycles. The van der Waals surface area contributed by atoms with Gasteiger partial charge in [0.2, 0.25) is 0 Å². The van der Waals surface area contributed by atoms with Crippen molar-refractivity contribution in [2.24, 2.45) is 0 Å². The number of hydrogen-bond donors (Lipinski definition) is 1. The first-order chi connectivity index (χ1) is 18.6. The van der Waals surface area contributed by atoms with Gasteiger partial charge in [0.25, 0.3) is 0 Å². The summed E-state index contributed by atoms with van der Waals surface area (Å²) in [5, 5.41) is 0.265. The van der Waals surface area contributed by atoms with Crippen LogP contribution in [-0.2, 0) is 6.54 Å². The summed E-state index contributed by atoms with van der Waals surface area (Å²) in [6.07, 6.45) is 15.5. The molecule has 1 aromatic carbocycles. The summed E-state index contributed by atoms with van der Waals surface area (Å²) in [6, 6.07) is 23.2. The molecule has 0 aliphatic heterocycles. The van der Waals surface area contributed by atoms with Gasteiger partial charge >= 0.3 is 0 Å². The van der Waals surface area contributed by atoms with Crippen LogP contribution in [-0.4, -0.2) is 24.4 Å². The van der Waals surface area contributed by atoms with Crippen molar-refractivity contribution < 1.29 is 0 Å². The quantitative estimate of drug-likeness (QED) is 0.101. The Kier molecular flexibility index (Phi) is 16.2. The molecule has 39 heavy (non-hydrogen) atoms. The maximum atomic E-state index is 4.30. The first-order valence-corrected chi connectivity index (χ1v) is 23.1. The third-order valence-corrected chi connectivity index (χ3v) is 24.9. The SMILES string of the molecule is C=CC[Si](CC=C)(CC=C)CCC[Si](CCC[Si](CC=C)(CC=C)CC=C)(NCc1ccccc1)C(C)(C)C. The van der Waals surface area contributed by atoms with Gasteiger partial charge in [-0.15, -0.1) is 39.5 Å². The van der Waals surface area contributed by atoms with E-state index in [4.69, 9.17) is 0 Å². The lowest BCUT2D eigenvalue weighted by Crippen LogP contribution is -2.57. The Morgan fingerprint density at radius 3 is 1.26 bits per heavy atom. The summed E-state index contributed by atoms with van der Waals surface area (Å²) in [7, 11) is -4.92. The lowest BCUT2D eigenvalue weighted by atomic mass is 10.2. The molecule has 0 fully saturated rings. The third-order valence-electron chi connectivity index (χ3n) is 8.99. The van der Waals surface area contributed by atoms with Crippen molar-refractivity contribution in [1.29, 1.82) is 0 Å². The Hall–Kier alpha value is -1.73. The highest BCUT2D eigenvalue weighted by molar-refractivity contribution is 6.83. The summed E-state index contributed by atoms with van der Waals surface area (Å²) < 4.78 is 0. The van der Waals surface area contributed by atoms with Gasteiger partial charge in [-0.05, 0) is 59.0 Å². The molecular weight excluding hydrogens is 519 g/mol. The molecule has 0 radical (unpaired) electrons. The minimum absolute atomic E-state index is 0.265. The Balaban J connectivity index is 3.28. The van der Waals surface area contributed by atoms with Gasteiger partial charge in [0.05, 0.1) is 16.1 Å². The molecule has 0 heterocycles. The van der Waals surface area contributed by atoms with Crippen LogP contribution in [0.15, 0.2) is 106 Å². The van der Waals surface area contributed by atoms with Gasteiger partial charge in [-0.1, -0.05) is 112 Å². The standard InChI is InChI=1S/C35H59NSi3/c1-10-23-37(24-11-2,25-12-3)29-19-31-39(35(7,8)9,36-33-34-21-17-16-18-22-34)32-20-30-38(26-13-4,27-14-5)28-15-6/h10-18,21-22,36H,1-6,19-20,23-33H2,7-9H3. The van der Waals surface area contributed by atoms with Crippen LogP contribution in [0.2, 0.25) is 65.5 Å². The highest BCUT2D eigenvalue weighted by Gasteiger charge is 2.44. The van der Waals surface area contributed by atoms with Gasteiger partial charge in [-0.2, -0.15) is 0 Å². The molecular formula is C35H59NSi3. The Labute approximate surface area is 246 Å². The first-order valence-electron chi connectivity index (χ1n) is 15.1. The largest absolute Gasteiger partial charge is 0.333 e. The normalized spacial score (nSPS) is 12.5. The average molecular weight is 578 g/mol. The molecule has 1 nitrogen and oxygen atoms in total. The molecule has 1 N–H and O–H groups in total. The van der Waals surface area contributed by atoms with Gasteiger partial charge in [0.15, 0.2) is 0 Å². The Bertz CT molecular complexity index is 799. The minimum atomic E-state index is -1.88. The summed E-state index contributed by atoms with van der Waals surface area (Å²) in [4.78, 5) is 4.30. The minimum Gasteiger partial charge on any atom is -0.333 e. The van der Waals surface area contributed by atoms with E-state index in [0.717, 1.165) is 42.8 Å². The van der Waals surface area contributed by atoms with Crippen LogP contribution in [0.5, 0.6) is 0 Å². The maximum absolute atomic E-state index is 4.30. The van der Waals surface area contributed by atoms with Crippen LogP contribution < -0.4 is 4.98 Å². The molecule has 0 aliphatic carbocycles. The Morgan fingerprint density at radius 2 is 0.949 bits per heavy atom. The second-order valence-corrected chi connectivity index (χ2v) is 27.3. The molecule has 4 heteroatoms. The zero-order chi connectivity index (χ0) is 29.3. The molecule has 0 amide bonds. The van der Waals surface area contributed by atoms with E-state index in [2.05, 4.69) is 132 Å². The highest BCUT2D eigenvalue weighted by Crippen LogP contribution is 2.44. The van der Waals surface area contributed by atoms with Gasteiger partial charge in [-0.25, -0.2) is 0 Å². The predicted molar refractivity (Wildman–Crippen MR) is 189 cm³/mol. The van der Waals surface area contributed by atoms with E-state index in [0.29, 0.717) is 0 Å². The monoisotopic (exact) mass is 577 g/mol. The van der Waals surface area contributed by atoms with Crippen LogP contribution in [0.25, 0.3) is 0 Å². The average Bonchev–Trinajstić information content (AvgIpc) is 2.88. The van der Waals surface area contributed by atoms with E-state index >= 15 is 0 Å². The fourth-order valence-corrected chi connectivity index (χ4v) is 19.9. The summed E-state index contributed by atoms with van der Waals surface area (Å²) in [5.41, 5.74) is 1.39. The fraction of sp³-hybridized carbons (Fsp3) is 0.486. The molecule has 216 valence electrons. The zero-order valence-corrected chi connectivity index (χ0v) is 28.8. The fourth-order valence-electron chi connectivity index (χ4n) is 6.66. The van der Waals surface area contributed by atoms with Gasteiger partial charge < -0.3 is 4.98 Å². The van der Waals surface area contributed by atoms with E-state index in [1.807, 2.05) is 0 Å². The van der Waals surface area contributed by atoms with Crippen LogP contribution in [0.3, 0.4) is 0 Å². The van der Waals surface area contributed by atoms with Crippen molar-refractivity contribution in [2.45, 2.75) is 106 Å². The molecule has 0 atom stereocenters. The van der Waals surface area contributed by atoms with Crippen molar-refractivity contribution in [2.75, 3.05) is 0 Å². The van der Waals surface area contributed by atoms with Crippen LogP contribution >= 0.6 is 0 Å². The van der Waals surface area contributed by atoms with Crippen molar-refractivity contribution in [3.8, 4) is 0 Å². The number of rotatable bonds is 23. The Morgan fingerprint density at radius 1 is 0.590 bits per heavy atom. The van der Waals surface area contributed by atoms with Gasteiger partial charge in [0, 0.05) is 6.54 Å². The van der Waals surface area contributed by atoms with Crippen molar-refractivity contribution in [3.05, 3.63) is 112 Å². The molecule has 0 aliphatic rings. The van der Waals surface area contributed by atoms with Crippen molar-refractivity contribution in [1.82, 2.24) is 4.98 Å². The van der Waals surface area contributed by atoms with Crippen LogP contribution in [0.1, 0.15) is 39.2 Å². The number of hydrogen-bond acceptors (Lipinski definition) is 1. The molecule has 0 saturated heterocycles. The maximum Gasteiger partial charge on any atom is 0.131 e. The number of allylic oxidation sites excluding steroid dienone is 6. The van der Waals surface area contributed by atoms with Crippen molar-refractivity contribution in [3.63, 3.8) is 0 Å². The summed E-state index contributed by atoms with van der Waals surface area (Å²) in [5.74, 6) is 0. The van der Waals surface area contributed by atoms with Crippen LogP contribution in [0.4, 0.5) is 0 Å². The lowest BCUT2D eigenvalue weighted by Gasteiger charge is -2.45. The van der Waals surface area contributed by atoms with E-state index in [1.54, 1.807) is 0 Å². The van der Waals surface area contributed by atoms with Crippen molar-refractivity contribution >= 4 is 24.4 Å². The van der Waals surface area contributed by atoms with Gasteiger partial charge in [-0.3, -0.25) is 0 Å². The molecule has 0 bridgehead atoms. The lowest BCUT2D eigenvalue weighted by molar-refractivity contribution is 0.647. The van der Waals surface area contributed by atoms with Gasteiger partial charge in [0.1, 0.15) is 8.24 Å². The second-order valence-electron chi connectivity index (χ2n) is 12.8. The van der Waals surface area contributed by atoms with E-state index in [9.17, 15) is 0 Å². The van der Waals surface area contributed by atoms with Crippen LogP contribution in [0, 0.1) is 0 Å². The zero-order valence-electron chi connectivity index (χ0n) is 25.8. The number of nitrogens with one attached hydrogen (secondary N) is 1. The summed E-state index contributed by atoms with van der Waals surface area (Å²) in [6.45, 7) is 33.2. The predicted octanol–water partition coefficient (Wildman–Crippen LogP) is 11.3. The smallest absolute Gasteiger partial charge is 0.131 e. The highest BCUT2D eigenvalue weighted by atomic mass is 28.3.